The van der Waals surface area contributed by atoms with Gasteiger partial charge in [0.25, 0.3) is 0 Å². The summed E-state index contributed by atoms with van der Waals surface area (Å²) < 4.78 is 0. The fourth-order valence-electron chi connectivity index (χ4n) is 1.83. The van der Waals surface area contributed by atoms with Crippen molar-refractivity contribution in [2.45, 2.75) is 27.7 Å². The maximum Gasteiger partial charge on any atom is 0.210 e. The molecule has 4 heteroatoms. The van der Waals surface area contributed by atoms with Gasteiger partial charge in [0.05, 0.1) is 0 Å². The standard InChI is InChI=1S/C12H15N3S/c1-7-5-8(2)11(9(3)6-7)13-12-15-14-10(4)16-12/h5-6H,1-4H3,(H,13,15). The molecule has 0 unspecified atom stereocenters. The third kappa shape index (κ3) is 2.22. The molecule has 0 aliphatic carbocycles. The minimum Gasteiger partial charge on any atom is -0.330 e. The summed E-state index contributed by atoms with van der Waals surface area (Å²) in [5.74, 6) is 0. The van der Waals surface area contributed by atoms with Crippen LogP contribution in [0.25, 0.3) is 0 Å². The summed E-state index contributed by atoms with van der Waals surface area (Å²) in [6.07, 6.45) is 0. The van der Waals surface area contributed by atoms with Gasteiger partial charge in [-0.25, -0.2) is 0 Å². The van der Waals surface area contributed by atoms with Gasteiger partial charge in [-0.1, -0.05) is 29.0 Å². The van der Waals surface area contributed by atoms with Crippen molar-refractivity contribution < 1.29 is 0 Å². The van der Waals surface area contributed by atoms with Crippen LogP contribution in [0, 0.1) is 27.7 Å². The Labute approximate surface area is 99.5 Å². The van der Waals surface area contributed by atoms with E-state index >= 15 is 0 Å². The third-order valence-corrected chi connectivity index (χ3v) is 3.19. The number of hydrogen-bond donors (Lipinski definition) is 1. The SMILES string of the molecule is Cc1cc(C)c(Nc2nnc(C)s2)c(C)c1. The lowest BCUT2D eigenvalue weighted by molar-refractivity contribution is 1.05. The van der Waals surface area contributed by atoms with Crippen LogP contribution >= 0.6 is 11.3 Å². The second-order valence-corrected chi connectivity index (χ2v) is 5.21. The van der Waals surface area contributed by atoms with Crippen molar-refractivity contribution in [1.82, 2.24) is 10.2 Å². The molecular formula is C12H15N3S. The average molecular weight is 233 g/mol. The van der Waals surface area contributed by atoms with Crippen molar-refractivity contribution in [3.63, 3.8) is 0 Å². The van der Waals surface area contributed by atoms with Crippen molar-refractivity contribution in [3.8, 4) is 0 Å². The van der Waals surface area contributed by atoms with E-state index in [0.717, 1.165) is 15.8 Å². The molecule has 1 N–H and O–H groups in total. The number of nitrogens with zero attached hydrogens (tertiary/aromatic N) is 2. The van der Waals surface area contributed by atoms with Crippen LogP contribution in [0.4, 0.5) is 10.8 Å². The van der Waals surface area contributed by atoms with Crippen LogP contribution in [0.3, 0.4) is 0 Å². The van der Waals surface area contributed by atoms with Crippen LogP contribution < -0.4 is 5.32 Å². The Bertz CT molecular complexity index is 494. The molecule has 0 aliphatic rings. The number of hydrogen-bond acceptors (Lipinski definition) is 4. The highest BCUT2D eigenvalue weighted by atomic mass is 32.1. The summed E-state index contributed by atoms with van der Waals surface area (Å²) in [5.41, 5.74) is 4.91. The van der Waals surface area contributed by atoms with Gasteiger partial charge in [-0.3, -0.25) is 0 Å². The number of nitrogens with one attached hydrogen (secondary N) is 1. The first kappa shape index (κ1) is 11.1. The summed E-state index contributed by atoms with van der Waals surface area (Å²) in [6.45, 7) is 8.28. The molecule has 0 fully saturated rings. The number of benzene rings is 1. The van der Waals surface area contributed by atoms with Gasteiger partial charge in [0.2, 0.25) is 5.13 Å². The fraction of sp³-hybridized carbons (Fsp3) is 0.333. The van der Waals surface area contributed by atoms with Crippen LogP contribution in [0.5, 0.6) is 0 Å². The van der Waals surface area contributed by atoms with Crippen molar-refractivity contribution in [2.75, 3.05) is 5.32 Å². The van der Waals surface area contributed by atoms with E-state index in [4.69, 9.17) is 0 Å². The van der Waals surface area contributed by atoms with E-state index in [2.05, 4.69) is 48.4 Å². The smallest absolute Gasteiger partial charge is 0.210 e. The summed E-state index contributed by atoms with van der Waals surface area (Å²) in [6, 6.07) is 4.34. The van der Waals surface area contributed by atoms with Gasteiger partial charge in [0.15, 0.2) is 0 Å². The topological polar surface area (TPSA) is 37.8 Å². The molecule has 0 saturated carbocycles. The molecule has 0 spiro atoms. The lowest BCUT2D eigenvalue weighted by atomic mass is 10.1. The molecule has 0 saturated heterocycles. The Hall–Kier alpha value is -1.42. The zero-order chi connectivity index (χ0) is 11.7. The second-order valence-electron chi connectivity index (χ2n) is 4.02. The van der Waals surface area contributed by atoms with E-state index in [0.29, 0.717) is 0 Å². The Morgan fingerprint density at radius 3 is 2.12 bits per heavy atom. The molecule has 1 heterocycles. The van der Waals surface area contributed by atoms with E-state index < -0.39 is 0 Å². The summed E-state index contributed by atoms with van der Waals surface area (Å²) >= 11 is 1.57. The van der Waals surface area contributed by atoms with Gasteiger partial charge in [0.1, 0.15) is 5.01 Å². The zero-order valence-electron chi connectivity index (χ0n) is 9.96. The lowest BCUT2D eigenvalue weighted by Gasteiger charge is -2.11. The van der Waals surface area contributed by atoms with Crippen LogP contribution in [-0.4, -0.2) is 10.2 Å². The van der Waals surface area contributed by atoms with Crippen LogP contribution in [0.1, 0.15) is 21.7 Å². The Kier molecular flexibility index (Phi) is 2.92. The van der Waals surface area contributed by atoms with Gasteiger partial charge < -0.3 is 5.32 Å². The minimum atomic E-state index is 0.854. The third-order valence-electron chi connectivity index (χ3n) is 2.43. The van der Waals surface area contributed by atoms with E-state index in [-0.39, 0.29) is 0 Å². The molecule has 16 heavy (non-hydrogen) atoms. The molecule has 0 aliphatic heterocycles. The molecule has 0 atom stereocenters. The molecule has 2 aromatic rings. The number of aromatic nitrogens is 2. The average Bonchev–Trinajstić information content (AvgIpc) is 2.58. The number of rotatable bonds is 2. The van der Waals surface area contributed by atoms with E-state index in [9.17, 15) is 0 Å². The van der Waals surface area contributed by atoms with Crippen LogP contribution in [0.15, 0.2) is 12.1 Å². The largest absolute Gasteiger partial charge is 0.330 e. The Morgan fingerprint density at radius 1 is 1.00 bits per heavy atom. The highest BCUT2D eigenvalue weighted by Crippen LogP contribution is 2.27. The molecule has 0 amide bonds. The second kappa shape index (κ2) is 4.22. The first-order valence-corrected chi connectivity index (χ1v) is 6.03. The molecule has 0 bridgehead atoms. The fourth-order valence-corrected chi connectivity index (χ4v) is 2.43. The molecule has 2 rings (SSSR count). The van der Waals surface area contributed by atoms with E-state index in [1.54, 1.807) is 11.3 Å². The van der Waals surface area contributed by atoms with Gasteiger partial charge >= 0.3 is 0 Å². The Balaban J connectivity index is 2.34. The number of aryl methyl sites for hydroxylation is 4. The minimum absolute atomic E-state index is 0.854. The molecule has 0 radical (unpaired) electrons. The molecular weight excluding hydrogens is 218 g/mol. The maximum atomic E-state index is 4.07. The van der Waals surface area contributed by atoms with Gasteiger partial charge in [-0.05, 0) is 38.8 Å². The number of anilines is 2. The predicted octanol–water partition coefficient (Wildman–Crippen LogP) is 3.52. The molecule has 1 aromatic heterocycles. The van der Waals surface area contributed by atoms with Crippen LogP contribution in [0.2, 0.25) is 0 Å². The molecule has 1 aromatic carbocycles. The van der Waals surface area contributed by atoms with Crippen molar-refractivity contribution in [3.05, 3.63) is 33.8 Å². The summed E-state index contributed by atoms with van der Waals surface area (Å²) in [5, 5.41) is 13.2. The normalized spacial score (nSPS) is 10.5. The van der Waals surface area contributed by atoms with Gasteiger partial charge in [0, 0.05) is 5.69 Å². The lowest BCUT2D eigenvalue weighted by Crippen LogP contribution is -1.96. The first-order valence-electron chi connectivity index (χ1n) is 5.21. The monoisotopic (exact) mass is 233 g/mol. The Morgan fingerprint density at radius 2 is 1.62 bits per heavy atom. The van der Waals surface area contributed by atoms with Crippen LogP contribution in [-0.2, 0) is 0 Å². The molecule has 84 valence electrons. The summed E-state index contributed by atoms with van der Waals surface area (Å²) in [4.78, 5) is 0. The van der Waals surface area contributed by atoms with Gasteiger partial charge in [-0.15, -0.1) is 10.2 Å². The zero-order valence-corrected chi connectivity index (χ0v) is 10.8. The summed E-state index contributed by atoms with van der Waals surface area (Å²) in [7, 11) is 0. The molecule has 3 nitrogen and oxygen atoms in total. The first-order chi connectivity index (χ1) is 7.56. The van der Waals surface area contributed by atoms with Crippen molar-refractivity contribution >= 4 is 22.2 Å². The highest BCUT2D eigenvalue weighted by Gasteiger charge is 2.06. The highest BCUT2D eigenvalue weighted by molar-refractivity contribution is 7.15. The predicted molar refractivity (Wildman–Crippen MR) is 68.6 cm³/mol. The maximum absolute atomic E-state index is 4.07. The van der Waals surface area contributed by atoms with Crippen molar-refractivity contribution in [2.24, 2.45) is 0 Å². The van der Waals surface area contributed by atoms with E-state index in [1.165, 1.54) is 16.7 Å². The van der Waals surface area contributed by atoms with E-state index in [1.807, 2.05) is 6.92 Å². The van der Waals surface area contributed by atoms with Gasteiger partial charge in [-0.2, -0.15) is 0 Å². The quantitative estimate of drug-likeness (QED) is 0.862. The van der Waals surface area contributed by atoms with Crippen molar-refractivity contribution in [1.29, 1.82) is 0 Å².